The van der Waals surface area contributed by atoms with Crippen molar-refractivity contribution >= 4 is 5.82 Å². The summed E-state index contributed by atoms with van der Waals surface area (Å²) in [6, 6.07) is 2.03. The van der Waals surface area contributed by atoms with Crippen LogP contribution >= 0.6 is 0 Å². The highest BCUT2D eigenvalue weighted by molar-refractivity contribution is 5.36. The van der Waals surface area contributed by atoms with E-state index in [1.54, 1.807) is 0 Å². The molecular weight excluding hydrogens is 202 g/mol. The van der Waals surface area contributed by atoms with Gasteiger partial charge in [-0.3, -0.25) is 0 Å². The highest BCUT2D eigenvalue weighted by Gasteiger charge is 2.41. The molecule has 0 aromatic carbocycles. The van der Waals surface area contributed by atoms with Crippen molar-refractivity contribution in [2.24, 2.45) is 0 Å². The fourth-order valence-electron chi connectivity index (χ4n) is 2.30. The SMILES string of the molecule is CC1(c2cc(N)n(CC3CCCO3)n2)CC1. The van der Waals surface area contributed by atoms with Gasteiger partial charge in [0.25, 0.3) is 0 Å². The fourth-order valence-corrected chi connectivity index (χ4v) is 2.30. The number of rotatable bonds is 3. The predicted octanol–water partition coefficient (Wildman–Crippen LogP) is 1.70. The zero-order valence-corrected chi connectivity index (χ0v) is 9.78. The smallest absolute Gasteiger partial charge is 0.122 e. The van der Waals surface area contributed by atoms with Crippen LogP contribution in [0, 0.1) is 0 Å². The lowest BCUT2D eigenvalue weighted by Gasteiger charge is -2.10. The third-order valence-corrected chi connectivity index (χ3v) is 3.83. The Morgan fingerprint density at radius 1 is 1.62 bits per heavy atom. The summed E-state index contributed by atoms with van der Waals surface area (Å²) in [5.74, 6) is 0.777. The number of nitrogens with two attached hydrogens (primary N) is 1. The molecule has 1 aliphatic carbocycles. The Hall–Kier alpha value is -1.03. The summed E-state index contributed by atoms with van der Waals surface area (Å²) in [4.78, 5) is 0. The Morgan fingerprint density at radius 2 is 2.44 bits per heavy atom. The summed E-state index contributed by atoms with van der Waals surface area (Å²) in [7, 11) is 0. The van der Waals surface area contributed by atoms with E-state index >= 15 is 0 Å². The first kappa shape index (κ1) is 10.1. The molecule has 16 heavy (non-hydrogen) atoms. The van der Waals surface area contributed by atoms with Gasteiger partial charge in [0.2, 0.25) is 0 Å². The van der Waals surface area contributed by atoms with E-state index in [2.05, 4.69) is 12.0 Å². The summed E-state index contributed by atoms with van der Waals surface area (Å²) in [5, 5.41) is 4.62. The summed E-state index contributed by atoms with van der Waals surface area (Å²) >= 11 is 0. The summed E-state index contributed by atoms with van der Waals surface area (Å²) in [5.41, 5.74) is 7.45. The molecule has 1 aromatic rings. The minimum absolute atomic E-state index is 0.301. The van der Waals surface area contributed by atoms with E-state index < -0.39 is 0 Å². The van der Waals surface area contributed by atoms with Gasteiger partial charge >= 0.3 is 0 Å². The molecule has 3 rings (SSSR count). The maximum absolute atomic E-state index is 5.99. The number of nitrogen functional groups attached to an aromatic ring is 1. The Kier molecular flexibility index (Phi) is 2.21. The minimum Gasteiger partial charge on any atom is -0.384 e. The highest BCUT2D eigenvalue weighted by atomic mass is 16.5. The average Bonchev–Trinajstić information content (AvgIpc) is 2.69. The maximum Gasteiger partial charge on any atom is 0.122 e. The van der Waals surface area contributed by atoms with Crippen molar-refractivity contribution in [2.45, 2.75) is 50.7 Å². The Balaban J connectivity index is 1.76. The lowest BCUT2D eigenvalue weighted by molar-refractivity contribution is 0.0944. The van der Waals surface area contributed by atoms with E-state index in [4.69, 9.17) is 10.5 Å². The van der Waals surface area contributed by atoms with Crippen molar-refractivity contribution in [3.8, 4) is 0 Å². The second kappa shape index (κ2) is 3.48. The van der Waals surface area contributed by atoms with Crippen molar-refractivity contribution in [3.63, 3.8) is 0 Å². The van der Waals surface area contributed by atoms with Crippen molar-refractivity contribution in [3.05, 3.63) is 11.8 Å². The molecule has 1 aliphatic heterocycles. The Bertz CT molecular complexity index is 389. The molecule has 4 nitrogen and oxygen atoms in total. The molecule has 1 atom stereocenters. The van der Waals surface area contributed by atoms with Gasteiger partial charge in [0, 0.05) is 18.1 Å². The highest BCUT2D eigenvalue weighted by Crippen LogP contribution is 2.47. The Morgan fingerprint density at radius 3 is 3.06 bits per heavy atom. The van der Waals surface area contributed by atoms with E-state index in [0.717, 1.165) is 37.5 Å². The zero-order chi connectivity index (χ0) is 11.2. The minimum atomic E-state index is 0.301. The molecule has 1 saturated heterocycles. The second-order valence-corrected chi connectivity index (χ2v) is 5.33. The number of hydrogen-bond donors (Lipinski definition) is 1. The second-order valence-electron chi connectivity index (χ2n) is 5.33. The molecule has 2 fully saturated rings. The van der Waals surface area contributed by atoms with Gasteiger partial charge < -0.3 is 10.5 Å². The molecule has 0 radical (unpaired) electrons. The molecule has 1 unspecified atom stereocenters. The van der Waals surface area contributed by atoms with Crippen LogP contribution in [0.2, 0.25) is 0 Å². The van der Waals surface area contributed by atoms with Gasteiger partial charge in [-0.1, -0.05) is 6.92 Å². The van der Waals surface area contributed by atoms with E-state index in [9.17, 15) is 0 Å². The molecule has 2 aliphatic rings. The van der Waals surface area contributed by atoms with E-state index in [-0.39, 0.29) is 0 Å². The topological polar surface area (TPSA) is 53.1 Å². The van der Waals surface area contributed by atoms with Crippen LogP contribution in [0.5, 0.6) is 0 Å². The maximum atomic E-state index is 5.99. The molecule has 2 heterocycles. The molecule has 2 N–H and O–H groups in total. The van der Waals surface area contributed by atoms with E-state index in [0.29, 0.717) is 11.5 Å². The summed E-state index contributed by atoms with van der Waals surface area (Å²) in [6.07, 6.45) is 5.08. The van der Waals surface area contributed by atoms with Crippen LogP contribution in [0.4, 0.5) is 5.82 Å². The van der Waals surface area contributed by atoms with Crippen molar-refractivity contribution in [1.82, 2.24) is 9.78 Å². The van der Waals surface area contributed by atoms with Gasteiger partial charge in [0.1, 0.15) is 5.82 Å². The van der Waals surface area contributed by atoms with Crippen LogP contribution in [-0.4, -0.2) is 22.5 Å². The van der Waals surface area contributed by atoms with Crippen LogP contribution in [0.3, 0.4) is 0 Å². The van der Waals surface area contributed by atoms with Crippen LogP contribution in [0.15, 0.2) is 6.07 Å². The van der Waals surface area contributed by atoms with Crippen LogP contribution < -0.4 is 5.73 Å². The Labute approximate surface area is 95.8 Å². The standard InChI is InChI=1S/C12H19N3O/c1-12(4-5-12)10-7-11(13)15(14-10)8-9-3-2-6-16-9/h7,9H,2-6,8,13H2,1H3. The summed E-state index contributed by atoms with van der Waals surface area (Å²) in [6.45, 7) is 3.95. The van der Waals surface area contributed by atoms with Gasteiger partial charge in [0.15, 0.2) is 0 Å². The first-order chi connectivity index (χ1) is 7.67. The van der Waals surface area contributed by atoms with Crippen molar-refractivity contribution < 1.29 is 4.74 Å². The summed E-state index contributed by atoms with van der Waals surface area (Å²) < 4.78 is 7.52. The van der Waals surface area contributed by atoms with Crippen molar-refractivity contribution in [1.29, 1.82) is 0 Å². The monoisotopic (exact) mass is 221 g/mol. The first-order valence-electron chi connectivity index (χ1n) is 6.13. The van der Waals surface area contributed by atoms with Crippen LogP contribution in [0.1, 0.15) is 38.3 Å². The van der Waals surface area contributed by atoms with Crippen LogP contribution in [0.25, 0.3) is 0 Å². The third kappa shape index (κ3) is 1.71. The number of nitrogens with zero attached hydrogens (tertiary/aromatic N) is 2. The van der Waals surface area contributed by atoms with Gasteiger partial charge in [-0.05, 0) is 25.7 Å². The average molecular weight is 221 g/mol. The third-order valence-electron chi connectivity index (χ3n) is 3.83. The number of hydrogen-bond acceptors (Lipinski definition) is 3. The molecule has 4 heteroatoms. The van der Waals surface area contributed by atoms with Crippen molar-refractivity contribution in [2.75, 3.05) is 12.3 Å². The molecule has 0 spiro atoms. The lowest BCUT2D eigenvalue weighted by atomic mass is 10.1. The number of aromatic nitrogens is 2. The zero-order valence-electron chi connectivity index (χ0n) is 9.78. The van der Waals surface area contributed by atoms with Gasteiger partial charge in [-0.15, -0.1) is 0 Å². The molecule has 0 bridgehead atoms. The van der Waals surface area contributed by atoms with Gasteiger partial charge in [0.05, 0.1) is 18.3 Å². The molecule has 1 saturated carbocycles. The van der Waals surface area contributed by atoms with E-state index in [1.807, 2.05) is 10.7 Å². The van der Waals surface area contributed by atoms with Crippen LogP contribution in [-0.2, 0) is 16.7 Å². The van der Waals surface area contributed by atoms with Gasteiger partial charge in [-0.2, -0.15) is 5.10 Å². The first-order valence-corrected chi connectivity index (χ1v) is 6.13. The largest absolute Gasteiger partial charge is 0.384 e. The number of ether oxygens (including phenoxy) is 1. The molecule has 0 amide bonds. The van der Waals surface area contributed by atoms with Gasteiger partial charge in [-0.25, -0.2) is 4.68 Å². The fraction of sp³-hybridized carbons (Fsp3) is 0.750. The molecule has 1 aromatic heterocycles. The van der Waals surface area contributed by atoms with E-state index in [1.165, 1.54) is 12.8 Å². The predicted molar refractivity (Wildman–Crippen MR) is 62.2 cm³/mol. The lowest BCUT2D eigenvalue weighted by Crippen LogP contribution is -2.18. The normalized spacial score (nSPS) is 27.2. The number of anilines is 1. The quantitative estimate of drug-likeness (QED) is 0.845. The molecular formula is C12H19N3O. The molecule has 88 valence electrons.